The third-order valence-corrected chi connectivity index (χ3v) is 4.80. The highest BCUT2D eigenvalue weighted by molar-refractivity contribution is 5.26. The van der Waals surface area contributed by atoms with Crippen LogP contribution in [0.5, 0.6) is 0 Å². The lowest BCUT2D eigenvalue weighted by Crippen LogP contribution is -2.30. The molecule has 2 rings (SSSR count). The van der Waals surface area contributed by atoms with Crippen molar-refractivity contribution in [1.82, 2.24) is 10.3 Å². The zero-order valence-electron chi connectivity index (χ0n) is 12.9. The Hall–Kier alpha value is -0.890. The zero-order chi connectivity index (χ0) is 13.8. The minimum Gasteiger partial charge on any atom is -0.311 e. The van der Waals surface area contributed by atoms with Crippen LogP contribution in [-0.2, 0) is 0 Å². The first-order valence-electron chi connectivity index (χ1n) is 7.76. The molecular weight excluding hydrogens is 232 g/mol. The van der Waals surface area contributed by atoms with Crippen molar-refractivity contribution in [2.75, 3.05) is 7.05 Å². The Morgan fingerprint density at radius 2 is 1.95 bits per heavy atom. The van der Waals surface area contributed by atoms with Crippen molar-refractivity contribution in [3.63, 3.8) is 0 Å². The van der Waals surface area contributed by atoms with Gasteiger partial charge < -0.3 is 5.32 Å². The van der Waals surface area contributed by atoms with E-state index in [2.05, 4.69) is 39.2 Å². The fourth-order valence-corrected chi connectivity index (χ4v) is 3.58. The van der Waals surface area contributed by atoms with Crippen LogP contribution < -0.4 is 5.32 Å². The van der Waals surface area contributed by atoms with Gasteiger partial charge in [0.25, 0.3) is 0 Å². The van der Waals surface area contributed by atoms with E-state index in [4.69, 9.17) is 4.98 Å². The molecule has 106 valence electrons. The van der Waals surface area contributed by atoms with Gasteiger partial charge in [0.05, 0.1) is 11.7 Å². The monoisotopic (exact) mass is 260 g/mol. The third kappa shape index (κ3) is 3.36. The summed E-state index contributed by atoms with van der Waals surface area (Å²) >= 11 is 0. The van der Waals surface area contributed by atoms with Crippen LogP contribution in [0.4, 0.5) is 0 Å². The summed E-state index contributed by atoms with van der Waals surface area (Å²) in [6, 6.07) is 2.68. The van der Waals surface area contributed by atoms with E-state index >= 15 is 0 Å². The third-order valence-electron chi connectivity index (χ3n) is 4.80. The van der Waals surface area contributed by atoms with Crippen molar-refractivity contribution in [3.8, 4) is 0 Å². The van der Waals surface area contributed by atoms with E-state index in [1.165, 1.54) is 48.9 Å². The SMILES string of the molecule is CCC1CCC(C(NC)c2ncc(C)cc2C)CC1. The molecule has 1 heterocycles. The smallest absolute Gasteiger partial charge is 0.0605 e. The maximum Gasteiger partial charge on any atom is 0.0605 e. The maximum absolute atomic E-state index is 4.70. The highest BCUT2D eigenvalue weighted by Crippen LogP contribution is 2.38. The van der Waals surface area contributed by atoms with Crippen LogP contribution in [0.15, 0.2) is 12.3 Å². The molecule has 0 aliphatic heterocycles. The van der Waals surface area contributed by atoms with Gasteiger partial charge in [0.2, 0.25) is 0 Å². The molecule has 0 spiro atoms. The summed E-state index contributed by atoms with van der Waals surface area (Å²) in [6.45, 7) is 6.63. The molecule has 0 bridgehead atoms. The van der Waals surface area contributed by atoms with Gasteiger partial charge in [-0.3, -0.25) is 4.98 Å². The van der Waals surface area contributed by atoms with Gasteiger partial charge in [0, 0.05) is 6.20 Å². The molecule has 1 aromatic heterocycles. The first-order valence-corrected chi connectivity index (χ1v) is 7.76. The molecule has 1 aromatic rings. The summed E-state index contributed by atoms with van der Waals surface area (Å²) < 4.78 is 0. The predicted octanol–water partition coefficient (Wildman–Crippen LogP) is 4.18. The van der Waals surface area contributed by atoms with E-state index in [1.54, 1.807) is 0 Å². The Balaban J connectivity index is 2.12. The number of aryl methyl sites for hydroxylation is 2. The molecule has 1 aliphatic rings. The molecule has 19 heavy (non-hydrogen) atoms. The predicted molar refractivity (Wildman–Crippen MR) is 81.3 cm³/mol. The standard InChI is InChI=1S/C17H28N2/c1-5-14-6-8-15(9-7-14)17(18-4)16-13(3)10-12(2)11-19-16/h10-11,14-15,17-18H,5-9H2,1-4H3. The van der Waals surface area contributed by atoms with Gasteiger partial charge in [-0.2, -0.15) is 0 Å². The second-order valence-electron chi connectivity index (χ2n) is 6.17. The first-order chi connectivity index (χ1) is 9.15. The van der Waals surface area contributed by atoms with Gasteiger partial charge in [-0.05, 0) is 56.7 Å². The van der Waals surface area contributed by atoms with Crippen molar-refractivity contribution in [2.45, 2.75) is 58.9 Å². The Bertz CT molecular complexity index is 406. The van der Waals surface area contributed by atoms with Crippen molar-refractivity contribution in [2.24, 2.45) is 11.8 Å². The van der Waals surface area contributed by atoms with E-state index in [9.17, 15) is 0 Å². The summed E-state index contributed by atoms with van der Waals surface area (Å²) in [5.41, 5.74) is 3.84. The minimum atomic E-state index is 0.429. The van der Waals surface area contributed by atoms with Crippen LogP contribution >= 0.6 is 0 Å². The normalized spacial score (nSPS) is 25.3. The number of hydrogen-bond acceptors (Lipinski definition) is 2. The summed E-state index contributed by atoms with van der Waals surface area (Å²) in [5, 5.41) is 3.52. The van der Waals surface area contributed by atoms with Crippen LogP contribution in [0.3, 0.4) is 0 Å². The van der Waals surface area contributed by atoms with Gasteiger partial charge >= 0.3 is 0 Å². The zero-order valence-corrected chi connectivity index (χ0v) is 12.9. The molecule has 0 amide bonds. The topological polar surface area (TPSA) is 24.9 Å². The molecule has 1 atom stereocenters. The number of hydrogen-bond donors (Lipinski definition) is 1. The van der Waals surface area contributed by atoms with E-state index < -0.39 is 0 Å². The van der Waals surface area contributed by atoms with Crippen LogP contribution in [-0.4, -0.2) is 12.0 Å². The summed E-state index contributed by atoms with van der Waals surface area (Å²) in [7, 11) is 2.08. The highest BCUT2D eigenvalue weighted by Gasteiger charge is 2.28. The van der Waals surface area contributed by atoms with Gasteiger partial charge in [0.1, 0.15) is 0 Å². The second kappa shape index (κ2) is 6.51. The lowest BCUT2D eigenvalue weighted by atomic mass is 9.76. The molecule has 0 radical (unpaired) electrons. The van der Waals surface area contributed by atoms with Crippen LogP contribution in [0, 0.1) is 25.7 Å². The van der Waals surface area contributed by atoms with Crippen molar-refractivity contribution in [1.29, 1.82) is 0 Å². The summed E-state index contributed by atoms with van der Waals surface area (Å²) in [5.74, 6) is 1.71. The molecule has 1 N–H and O–H groups in total. The number of nitrogens with one attached hydrogen (secondary N) is 1. The van der Waals surface area contributed by atoms with Crippen LogP contribution in [0.2, 0.25) is 0 Å². The van der Waals surface area contributed by atoms with Crippen LogP contribution in [0.25, 0.3) is 0 Å². The van der Waals surface area contributed by atoms with Gasteiger partial charge in [-0.1, -0.05) is 32.3 Å². The highest BCUT2D eigenvalue weighted by atomic mass is 14.9. The first kappa shape index (κ1) is 14.5. The molecule has 1 aliphatic carbocycles. The van der Waals surface area contributed by atoms with Crippen molar-refractivity contribution >= 4 is 0 Å². The molecule has 2 heteroatoms. The van der Waals surface area contributed by atoms with E-state index in [0.717, 1.165) is 11.8 Å². The number of nitrogens with zero attached hydrogens (tertiary/aromatic N) is 1. The average molecular weight is 260 g/mol. The molecule has 1 fully saturated rings. The van der Waals surface area contributed by atoms with Gasteiger partial charge in [-0.25, -0.2) is 0 Å². The van der Waals surface area contributed by atoms with Crippen LogP contribution in [0.1, 0.15) is 61.9 Å². The quantitative estimate of drug-likeness (QED) is 0.878. The number of rotatable bonds is 4. The maximum atomic E-state index is 4.70. The molecule has 0 aromatic carbocycles. The summed E-state index contributed by atoms with van der Waals surface area (Å²) in [4.78, 5) is 4.70. The van der Waals surface area contributed by atoms with Crippen molar-refractivity contribution < 1.29 is 0 Å². The minimum absolute atomic E-state index is 0.429. The van der Waals surface area contributed by atoms with Gasteiger partial charge in [-0.15, -0.1) is 0 Å². The molecule has 0 saturated heterocycles. The van der Waals surface area contributed by atoms with E-state index in [1.807, 2.05) is 6.20 Å². The largest absolute Gasteiger partial charge is 0.311 e. The molecule has 1 saturated carbocycles. The lowest BCUT2D eigenvalue weighted by Gasteiger charge is -2.33. The Morgan fingerprint density at radius 3 is 2.47 bits per heavy atom. The second-order valence-corrected chi connectivity index (χ2v) is 6.17. The number of aromatic nitrogens is 1. The fourth-order valence-electron chi connectivity index (χ4n) is 3.58. The molecule has 1 unspecified atom stereocenters. The van der Waals surface area contributed by atoms with Crippen molar-refractivity contribution in [3.05, 3.63) is 29.1 Å². The Kier molecular flexibility index (Phi) is 4.98. The van der Waals surface area contributed by atoms with Gasteiger partial charge in [0.15, 0.2) is 0 Å². The molecule has 2 nitrogen and oxygen atoms in total. The Morgan fingerprint density at radius 1 is 1.26 bits per heavy atom. The fraction of sp³-hybridized carbons (Fsp3) is 0.706. The molecular formula is C17H28N2. The number of pyridine rings is 1. The lowest BCUT2D eigenvalue weighted by molar-refractivity contribution is 0.221. The Labute approximate surface area is 118 Å². The van der Waals surface area contributed by atoms with E-state index in [-0.39, 0.29) is 0 Å². The van der Waals surface area contributed by atoms with E-state index in [0.29, 0.717) is 6.04 Å². The average Bonchev–Trinajstić information content (AvgIpc) is 2.42. The summed E-state index contributed by atoms with van der Waals surface area (Å²) in [6.07, 6.45) is 8.83.